The minimum atomic E-state index is 0.478. The molecule has 0 amide bonds. The van der Waals surface area contributed by atoms with Gasteiger partial charge in [-0.1, -0.05) is 0 Å². The van der Waals surface area contributed by atoms with Crippen LogP contribution in [-0.4, -0.2) is 24.2 Å². The molecule has 1 atom stereocenters. The molecule has 0 radical (unpaired) electrons. The molecule has 1 aromatic heterocycles. The van der Waals surface area contributed by atoms with Crippen LogP contribution >= 0.6 is 0 Å². The van der Waals surface area contributed by atoms with E-state index in [1.807, 2.05) is 12.4 Å². The number of nitrogens with zero attached hydrogens (tertiary/aromatic N) is 1. The molecule has 1 unspecified atom stereocenters. The number of ether oxygens (including phenoxy) is 1. The van der Waals surface area contributed by atoms with Crippen molar-refractivity contribution in [3.05, 3.63) is 29.6 Å². The van der Waals surface area contributed by atoms with Crippen LogP contribution in [0, 0.1) is 6.92 Å². The van der Waals surface area contributed by atoms with E-state index in [4.69, 9.17) is 4.74 Å². The van der Waals surface area contributed by atoms with Crippen molar-refractivity contribution in [3.8, 4) is 0 Å². The Morgan fingerprint density at radius 2 is 2.41 bits per heavy atom. The Morgan fingerprint density at radius 1 is 1.47 bits per heavy atom. The molecule has 3 nitrogen and oxygen atoms in total. The first kappa shape index (κ1) is 12.5. The van der Waals surface area contributed by atoms with Crippen LogP contribution in [0.15, 0.2) is 18.5 Å². The van der Waals surface area contributed by atoms with Crippen molar-refractivity contribution in [2.75, 3.05) is 13.2 Å². The quantitative estimate of drug-likeness (QED) is 0.795. The average Bonchev–Trinajstić information content (AvgIpc) is 2.38. The van der Waals surface area contributed by atoms with Crippen LogP contribution in [0.25, 0.3) is 0 Å². The molecule has 1 aliphatic heterocycles. The monoisotopic (exact) mass is 234 g/mol. The van der Waals surface area contributed by atoms with E-state index in [0.29, 0.717) is 6.10 Å². The van der Waals surface area contributed by atoms with E-state index in [-0.39, 0.29) is 0 Å². The van der Waals surface area contributed by atoms with Gasteiger partial charge in [-0.05, 0) is 56.3 Å². The predicted molar refractivity (Wildman–Crippen MR) is 68.9 cm³/mol. The lowest BCUT2D eigenvalue weighted by atomic mass is 10.1. The van der Waals surface area contributed by atoms with Gasteiger partial charge in [0.05, 0.1) is 6.10 Å². The summed E-state index contributed by atoms with van der Waals surface area (Å²) in [5.41, 5.74) is 2.60. The van der Waals surface area contributed by atoms with Crippen LogP contribution in [0.1, 0.15) is 36.8 Å². The second-order valence-corrected chi connectivity index (χ2v) is 4.76. The Labute approximate surface area is 104 Å². The third kappa shape index (κ3) is 4.10. The maximum atomic E-state index is 5.70. The van der Waals surface area contributed by atoms with Crippen molar-refractivity contribution in [1.29, 1.82) is 0 Å². The Hall–Kier alpha value is -0.930. The molecule has 0 aromatic carbocycles. The van der Waals surface area contributed by atoms with Gasteiger partial charge in [-0.25, -0.2) is 0 Å². The Morgan fingerprint density at radius 3 is 3.18 bits per heavy atom. The highest BCUT2D eigenvalue weighted by atomic mass is 16.5. The van der Waals surface area contributed by atoms with Gasteiger partial charge in [0.15, 0.2) is 0 Å². The number of nitrogens with one attached hydrogen (secondary N) is 1. The maximum absolute atomic E-state index is 5.70. The summed E-state index contributed by atoms with van der Waals surface area (Å²) in [6.45, 7) is 5.01. The fourth-order valence-electron chi connectivity index (χ4n) is 2.20. The van der Waals surface area contributed by atoms with E-state index in [0.717, 1.165) is 26.1 Å². The lowest BCUT2D eigenvalue weighted by Crippen LogP contribution is -2.25. The highest BCUT2D eigenvalue weighted by Gasteiger charge is 2.12. The molecule has 94 valence electrons. The third-order valence-corrected chi connectivity index (χ3v) is 3.38. The van der Waals surface area contributed by atoms with Gasteiger partial charge in [0, 0.05) is 25.5 Å². The summed E-state index contributed by atoms with van der Waals surface area (Å²) < 4.78 is 5.70. The van der Waals surface area contributed by atoms with Gasteiger partial charge in [-0.15, -0.1) is 0 Å². The number of aromatic nitrogens is 1. The van der Waals surface area contributed by atoms with Crippen molar-refractivity contribution < 1.29 is 4.74 Å². The fourth-order valence-corrected chi connectivity index (χ4v) is 2.20. The first-order valence-corrected chi connectivity index (χ1v) is 6.58. The number of aryl methyl sites for hydroxylation is 1. The van der Waals surface area contributed by atoms with E-state index in [2.05, 4.69) is 23.3 Å². The van der Waals surface area contributed by atoms with E-state index in [1.165, 1.54) is 30.4 Å². The van der Waals surface area contributed by atoms with Gasteiger partial charge in [0.25, 0.3) is 0 Å². The van der Waals surface area contributed by atoms with Crippen LogP contribution in [0.2, 0.25) is 0 Å². The summed E-state index contributed by atoms with van der Waals surface area (Å²) in [5.74, 6) is 0. The zero-order valence-corrected chi connectivity index (χ0v) is 10.6. The van der Waals surface area contributed by atoms with Crippen molar-refractivity contribution in [3.63, 3.8) is 0 Å². The van der Waals surface area contributed by atoms with E-state index in [9.17, 15) is 0 Å². The topological polar surface area (TPSA) is 34.2 Å². The number of rotatable bonds is 5. The maximum Gasteiger partial charge on any atom is 0.0587 e. The van der Waals surface area contributed by atoms with Crippen molar-refractivity contribution in [2.45, 2.75) is 45.3 Å². The highest BCUT2D eigenvalue weighted by Crippen LogP contribution is 2.14. The van der Waals surface area contributed by atoms with Crippen LogP contribution in [-0.2, 0) is 11.3 Å². The zero-order chi connectivity index (χ0) is 11.9. The summed E-state index contributed by atoms with van der Waals surface area (Å²) in [6, 6.07) is 2.06. The number of hydrogen-bond acceptors (Lipinski definition) is 3. The van der Waals surface area contributed by atoms with Crippen molar-refractivity contribution in [2.24, 2.45) is 0 Å². The van der Waals surface area contributed by atoms with Crippen LogP contribution in [0.5, 0.6) is 0 Å². The summed E-state index contributed by atoms with van der Waals surface area (Å²) in [6.07, 6.45) is 9.18. The van der Waals surface area contributed by atoms with E-state index >= 15 is 0 Å². The van der Waals surface area contributed by atoms with Gasteiger partial charge < -0.3 is 10.1 Å². The lowest BCUT2D eigenvalue weighted by molar-refractivity contribution is 0.0115. The zero-order valence-electron chi connectivity index (χ0n) is 10.6. The highest BCUT2D eigenvalue weighted by molar-refractivity contribution is 5.20. The van der Waals surface area contributed by atoms with E-state index < -0.39 is 0 Å². The summed E-state index contributed by atoms with van der Waals surface area (Å²) in [5, 5.41) is 3.47. The molecule has 0 saturated carbocycles. The molecule has 1 aliphatic rings. The minimum absolute atomic E-state index is 0.478. The molecule has 1 fully saturated rings. The Kier molecular flexibility index (Phi) is 4.95. The molecule has 1 saturated heterocycles. The molecule has 2 heterocycles. The number of pyridine rings is 1. The molecule has 1 aromatic rings. The Bertz CT molecular complexity index is 335. The van der Waals surface area contributed by atoms with Crippen molar-refractivity contribution in [1.82, 2.24) is 10.3 Å². The molecule has 3 heteroatoms. The minimum Gasteiger partial charge on any atom is -0.378 e. The van der Waals surface area contributed by atoms with Gasteiger partial charge in [-0.2, -0.15) is 0 Å². The molecule has 1 N–H and O–H groups in total. The lowest BCUT2D eigenvalue weighted by Gasteiger charge is -2.22. The van der Waals surface area contributed by atoms with Gasteiger partial charge >= 0.3 is 0 Å². The SMILES string of the molecule is Cc1ccncc1CNCCC1CCCCO1. The normalized spacial score (nSPS) is 20.4. The molecule has 17 heavy (non-hydrogen) atoms. The molecule has 2 rings (SSSR count). The number of hydrogen-bond donors (Lipinski definition) is 1. The molecule has 0 bridgehead atoms. The molecule has 0 aliphatic carbocycles. The first-order valence-electron chi connectivity index (χ1n) is 6.58. The van der Waals surface area contributed by atoms with Gasteiger partial charge in [0.1, 0.15) is 0 Å². The van der Waals surface area contributed by atoms with Crippen LogP contribution in [0.3, 0.4) is 0 Å². The molecular formula is C14H22N2O. The van der Waals surface area contributed by atoms with E-state index in [1.54, 1.807) is 0 Å². The summed E-state index contributed by atoms with van der Waals surface area (Å²) in [7, 11) is 0. The largest absolute Gasteiger partial charge is 0.378 e. The predicted octanol–water partition coefficient (Wildman–Crippen LogP) is 2.44. The average molecular weight is 234 g/mol. The second kappa shape index (κ2) is 6.72. The standard InChI is InChI=1S/C14H22N2O/c1-12-5-7-15-10-13(12)11-16-8-6-14-4-2-3-9-17-14/h5,7,10,14,16H,2-4,6,8-9,11H2,1H3. The fraction of sp³-hybridized carbons (Fsp3) is 0.643. The second-order valence-electron chi connectivity index (χ2n) is 4.76. The van der Waals surface area contributed by atoms with Gasteiger partial charge in [0.2, 0.25) is 0 Å². The Balaban J connectivity index is 1.64. The van der Waals surface area contributed by atoms with Crippen LogP contribution in [0.4, 0.5) is 0 Å². The summed E-state index contributed by atoms with van der Waals surface area (Å²) in [4.78, 5) is 4.15. The van der Waals surface area contributed by atoms with Crippen LogP contribution < -0.4 is 5.32 Å². The molecule has 0 spiro atoms. The van der Waals surface area contributed by atoms with Gasteiger partial charge in [-0.3, -0.25) is 4.98 Å². The molecular weight excluding hydrogens is 212 g/mol. The van der Waals surface area contributed by atoms with Crippen molar-refractivity contribution >= 4 is 0 Å². The summed E-state index contributed by atoms with van der Waals surface area (Å²) >= 11 is 0. The third-order valence-electron chi connectivity index (χ3n) is 3.38. The smallest absolute Gasteiger partial charge is 0.0587 e. The first-order chi connectivity index (χ1) is 8.36.